The van der Waals surface area contributed by atoms with Gasteiger partial charge in [0.25, 0.3) is 0 Å². The highest BCUT2D eigenvalue weighted by Gasteiger charge is 2.42. The van der Waals surface area contributed by atoms with Crippen molar-refractivity contribution in [1.82, 2.24) is 4.90 Å². The molecule has 0 aromatic heterocycles. The van der Waals surface area contributed by atoms with Gasteiger partial charge in [-0.3, -0.25) is 0 Å². The smallest absolute Gasteiger partial charge is 0.337 e. The quantitative estimate of drug-likeness (QED) is 0.572. The fraction of sp³-hybridized carbons (Fsp3) is 0.625. The monoisotopic (exact) mass is 325 g/mol. The summed E-state index contributed by atoms with van der Waals surface area (Å²) in [6.45, 7) is 9.26. The molecule has 0 bridgehead atoms. The zero-order chi connectivity index (χ0) is 16.3. The van der Waals surface area contributed by atoms with Gasteiger partial charge in [-0.1, -0.05) is 13.8 Å². The van der Waals surface area contributed by atoms with Crippen molar-refractivity contribution in [3.05, 3.63) is 22.4 Å². The molecule has 0 aliphatic carbocycles. The number of esters is 2. The van der Waals surface area contributed by atoms with E-state index < -0.39 is 0 Å². The summed E-state index contributed by atoms with van der Waals surface area (Å²) in [6.07, 6.45) is 1.54. The number of fused-ring (bicyclic) bond motifs is 1. The molecule has 0 aromatic carbocycles. The Kier molecular flexibility index (Phi) is 5.56. The van der Waals surface area contributed by atoms with E-state index in [2.05, 4.69) is 18.7 Å². The molecule has 1 atom stereocenters. The van der Waals surface area contributed by atoms with Crippen molar-refractivity contribution in [1.29, 1.82) is 0 Å². The number of hydrogen-bond acceptors (Lipinski definition) is 6. The summed E-state index contributed by atoms with van der Waals surface area (Å²) < 4.78 is 10.2. The van der Waals surface area contributed by atoms with Crippen LogP contribution in [0.5, 0.6) is 0 Å². The van der Waals surface area contributed by atoms with Crippen molar-refractivity contribution in [2.24, 2.45) is 11.8 Å². The van der Waals surface area contributed by atoms with Crippen molar-refractivity contribution in [2.75, 3.05) is 25.5 Å². The molecule has 1 fully saturated rings. The predicted molar refractivity (Wildman–Crippen MR) is 85.9 cm³/mol. The zero-order valence-electron chi connectivity index (χ0n) is 13.5. The Hall–Kier alpha value is -1.43. The lowest BCUT2D eigenvalue weighted by molar-refractivity contribution is -0.139. The van der Waals surface area contributed by atoms with Gasteiger partial charge < -0.3 is 14.4 Å². The van der Waals surface area contributed by atoms with Crippen LogP contribution in [0.3, 0.4) is 0 Å². The second-order valence-electron chi connectivity index (χ2n) is 5.58. The Bertz CT molecular complexity index is 524. The van der Waals surface area contributed by atoms with Crippen LogP contribution in [-0.4, -0.2) is 42.3 Å². The predicted octanol–water partition coefficient (Wildman–Crippen LogP) is 2.54. The normalized spacial score (nSPS) is 22.5. The molecule has 0 aromatic rings. The number of rotatable bonds is 5. The lowest BCUT2D eigenvalue weighted by Crippen LogP contribution is -2.23. The molecule has 0 N–H and O–H groups in total. The van der Waals surface area contributed by atoms with Crippen LogP contribution in [0.1, 0.15) is 27.7 Å². The Labute approximate surface area is 135 Å². The summed E-state index contributed by atoms with van der Waals surface area (Å²) in [7, 11) is 0. The summed E-state index contributed by atoms with van der Waals surface area (Å²) in [5.74, 6) is 0.588. The molecular formula is C16H23NO4S. The molecule has 122 valence electrons. The van der Waals surface area contributed by atoms with E-state index in [4.69, 9.17) is 9.47 Å². The number of ether oxygens (including phenoxy) is 2. The molecule has 1 unspecified atom stereocenters. The maximum absolute atomic E-state index is 12.3. The molecule has 2 heterocycles. The van der Waals surface area contributed by atoms with Crippen molar-refractivity contribution < 1.29 is 19.1 Å². The Morgan fingerprint density at radius 3 is 2.59 bits per heavy atom. The van der Waals surface area contributed by atoms with Crippen LogP contribution in [0.2, 0.25) is 0 Å². The number of thioether (sulfide) groups is 1. The van der Waals surface area contributed by atoms with E-state index in [0.29, 0.717) is 24.9 Å². The lowest BCUT2D eigenvalue weighted by Gasteiger charge is -2.20. The molecule has 5 nitrogen and oxygen atoms in total. The maximum atomic E-state index is 12.3. The van der Waals surface area contributed by atoms with Crippen LogP contribution in [0.15, 0.2) is 22.4 Å². The van der Waals surface area contributed by atoms with Crippen LogP contribution in [0.25, 0.3) is 0 Å². The van der Waals surface area contributed by atoms with Gasteiger partial charge in [0.05, 0.1) is 23.8 Å². The third-order valence-electron chi connectivity index (χ3n) is 3.80. The molecule has 2 aliphatic heterocycles. The number of carbonyl (C=O) groups is 2. The first-order valence-corrected chi connectivity index (χ1v) is 8.67. The van der Waals surface area contributed by atoms with Crippen LogP contribution in [-0.2, 0) is 19.1 Å². The molecule has 2 rings (SSSR count). The Morgan fingerprint density at radius 1 is 1.32 bits per heavy atom. The topological polar surface area (TPSA) is 55.8 Å². The van der Waals surface area contributed by atoms with Crippen molar-refractivity contribution in [2.45, 2.75) is 27.7 Å². The highest BCUT2D eigenvalue weighted by molar-refractivity contribution is 8.03. The summed E-state index contributed by atoms with van der Waals surface area (Å²) in [5, 5.41) is 0.938. The van der Waals surface area contributed by atoms with Crippen LogP contribution >= 0.6 is 11.8 Å². The summed E-state index contributed by atoms with van der Waals surface area (Å²) >= 11 is 1.59. The molecular weight excluding hydrogens is 302 g/mol. The molecule has 0 saturated carbocycles. The van der Waals surface area contributed by atoms with Gasteiger partial charge in [0.2, 0.25) is 0 Å². The number of nitrogens with zero attached hydrogens (tertiary/aromatic N) is 1. The van der Waals surface area contributed by atoms with Gasteiger partial charge in [-0.2, -0.15) is 0 Å². The Morgan fingerprint density at radius 2 is 2.00 bits per heavy atom. The minimum atomic E-state index is -0.329. The van der Waals surface area contributed by atoms with Crippen molar-refractivity contribution in [3.8, 4) is 0 Å². The van der Waals surface area contributed by atoms with E-state index >= 15 is 0 Å². The highest BCUT2D eigenvalue weighted by Crippen LogP contribution is 2.46. The Balaban J connectivity index is 2.29. The molecule has 1 saturated heterocycles. The second kappa shape index (κ2) is 7.22. The average molecular weight is 325 g/mol. The summed E-state index contributed by atoms with van der Waals surface area (Å²) in [5.41, 5.74) is 1.66. The zero-order valence-corrected chi connectivity index (χ0v) is 14.4. The van der Waals surface area contributed by atoms with E-state index in [1.165, 1.54) is 6.08 Å². The van der Waals surface area contributed by atoms with Gasteiger partial charge in [0.15, 0.2) is 0 Å². The molecule has 0 amide bonds. The van der Waals surface area contributed by atoms with Gasteiger partial charge in [-0.25, -0.2) is 9.59 Å². The third-order valence-corrected chi connectivity index (χ3v) is 4.95. The van der Waals surface area contributed by atoms with Crippen LogP contribution < -0.4 is 0 Å². The van der Waals surface area contributed by atoms with Crippen LogP contribution in [0.4, 0.5) is 0 Å². The highest BCUT2D eigenvalue weighted by atomic mass is 32.2. The molecule has 0 radical (unpaired) electrons. The van der Waals surface area contributed by atoms with Crippen molar-refractivity contribution >= 4 is 23.7 Å². The molecule has 2 aliphatic rings. The SMILES string of the molecule is CCOC(=O)C=C1CSC2=C(C(=O)OCC)C(C(C)C)CN12. The van der Waals surface area contributed by atoms with E-state index in [-0.39, 0.29) is 17.9 Å². The van der Waals surface area contributed by atoms with Gasteiger partial charge in [-0.05, 0) is 19.8 Å². The van der Waals surface area contributed by atoms with E-state index in [0.717, 1.165) is 22.8 Å². The van der Waals surface area contributed by atoms with E-state index in [9.17, 15) is 9.59 Å². The van der Waals surface area contributed by atoms with Gasteiger partial charge in [-0.15, -0.1) is 11.8 Å². The first kappa shape index (κ1) is 16.9. The molecule has 6 heteroatoms. The first-order valence-electron chi connectivity index (χ1n) is 7.68. The largest absolute Gasteiger partial charge is 0.463 e. The number of hydrogen-bond donors (Lipinski definition) is 0. The van der Waals surface area contributed by atoms with Gasteiger partial charge in [0.1, 0.15) is 0 Å². The lowest BCUT2D eigenvalue weighted by atomic mass is 9.90. The fourth-order valence-corrected chi connectivity index (χ4v) is 3.99. The standard InChI is InChI=1S/C16H23NO4S/c1-5-20-13(18)7-11-9-22-15-14(16(19)21-6-2)12(10(3)4)8-17(11)15/h7,10,12H,5-6,8-9H2,1-4H3. The summed E-state index contributed by atoms with van der Waals surface area (Å²) in [4.78, 5) is 26.0. The maximum Gasteiger partial charge on any atom is 0.337 e. The van der Waals surface area contributed by atoms with E-state index in [1.807, 2.05) is 6.92 Å². The molecule has 0 spiro atoms. The second-order valence-corrected chi connectivity index (χ2v) is 6.54. The number of carbonyl (C=O) groups excluding carboxylic acids is 2. The summed E-state index contributed by atoms with van der Waals surface area (Å²) in [6, 6.07) is 0. The van der Waals surface area contributed by atoms with Crippen molar-refractivity contribution in [3.63, 3.8) is 0 Å². The van der Waals surface area contributed by atoms with Crippen LogP contribution in [0, 0.1) is 11.8 Å². The fourth-order valence-electron chi connectivity index (χ4n) is 2.73. The van der Waals surface area contributed by atoms with E-state index in [1.54, 1.807) is 18.7 Å². The van der Waals surface area contributed by atoms with Gasteiger partial charge >= 0.3 is 11.9 Å². The third kappa shape index (κ3) is 3.32. The van der Waals surface area contributed by atoms with Gasteiger partial charge in [0, 0.05) is 30.0 Å². The average Bonchev–Trinajstić information content (AvgIpc) is 2.99. The molecule has 22 heavy (non-hydrogen) atoms. The minimum absolute atomic E-state index is 0.132. The minimum Gasteiger partial charge on any atom is -0.463 e. The first-order chi connectivity index (χ1) is 10.5.